The predicted octanol–water partition coefficient (Wildman–Crippen LogP) is 1.52. The van der Waals surface area contributed by atoms with E-state index >= 15 is 0 Å². The molecule has 0 saturated carbocycles. The van der Waals surface area contributed by atoms with Gasteiger partial charge in [0.1, 0.15) is 5.75 Å². The second kappa shape index (κ2) is 4.95. The first kappa shape index (κ1) is 12.8. The van der Waals surface area contributed by atoms with E-state index in [0.717, 1.165) is 22.2 Å². The second-order valence-electron chi connectivity index (χ2n) is 3.81. The zero-order chi connectivity index (χ0) is 13.2. The van der Waals surface area contributed by atoms with Crippen LogP contribution in [0.1, 0.15) is 5.56 Å². The Morgan fingerprint density at radius 3 is 2.89 bits per heavy atom. The third kappa shape index (κ3) is 2.99. The molecule has 1 aromatic heterocycles. The number of nitrogens with one attached hydrogen (secondary N) is 2. The third-order valence-corrected chi connectivity index (χ3v) is 3.19. The van der Waals surface area contributed by atoms with Gasteiger partial charge in [-0.1, -0.05) is 3.89 Å². The lowest BCUT2D eigenvalue weighted by atomic mass is 10.1. The fraction of sp³-hybridized carbons (Fsp3) is 0.273. The molecule has 1 heterocycles. The van der Waals surface area contributed by atoms with E-state index in [1.165, 1.54) is 0 Å². The zero-order valence-corrected chi connectivity index (χ0v) is 10.6. The number of halogens is 1. The van der Waals surface area contributed by atoms with Crippen LogP contribution in [0, 0.1) is 0 Å². The van der Waals surface area contributed by atoms with Crippen LogP contribution in [0.3, 0.4) is 0 Å². The minimum atomic E-state index is -4.63. The van der Waals surface area contributed by atoms with Gasteiger partial charge >= 0.3 is 10.4 Å². The van der Waals surface area contributed by atoms with Crippen molar-refractivity contribution in [3.8, 4) is 5.75 Å². The van der Waals surface area contributed by atoms with Crippen LogP contribution < -0.4 is 9.46 Å². The van der Waals surface area contributed by atoms with Crippen LogP contribution in [0.4, 0.5) is 3.89 Å². The molecule has 0 amide bonds. The third-order valence-electron chi connectivity index (χ3n) is 2.64. The Kier molecular flexibility index (Phi) is 3.53. The molecule has 0 aliphatic heterocycles. The summed E-state index contributed by atoms with van der Waals surface area (Å²) in [5.41, 5.74) is 1.83. The fourth-order valence-corrected chi connectivity index (χ4v) is 2.14. The maximum atomic E-state index is 12.3. The smallest absolute Gasteiger partial charge is 0.372 e. The van der Waals surface area contributed by atoms with Crippen LogP contribution in [-0.2, 0) is 16.8 Å². The van der Waals surface area contributed by atoms with Gasteiger partial charge in [-0.2, -0.15) is 13.1 Å². The first-order chi connectivity index (χ1) is 8.49. The van der Waals surface area contributed by atoms with E-state index in [-0.39, 0.29) is 6.54 Å². The van der Waals surface area contributed by atoms with Crippen molar-refractivity contribution >= 4 is 21.3 Å². The van der Waals surface area contributed by atoms with E-state index in [0.29, 0.717) is 6.42 Å². The zero-order valence-electron chi connectivity index (χ0n) is 9.73. The fourth-order valence-electron chi connectivity index (χ4n) is 1.80. The van der Waals surface area contributed by atoms with Crippen molar-refractivity contribution in [2.24, 2.45) is 0 Å². The molecular formula is C11H13FN2O3S. The Balaban J connectivity index is 2.18. The van der Waals surface area contributed by atoms with E-state index < -0.39 is 10.4 Å². The summed E-state index contributed by atoms with van der Waals surface area (Å²) in [6.45, 7) is 0.0169. The number of aromatic amines is 1. The standard InChI is InChI=1S/C11H13FN2O3S/c1-17-9-2-3-11-10(6-9)8(7-13-11)4-5-14-18(12,15)16/h2-3,6-7,13-14H,4-5H2,1H3. The summed E-state index contributed by atoms with van der Waals surface area (Å²) in [5.74, 6) is 0.717. The Bertz CT molecular complexity index is 651. The van der Waals surface area contributed by atoms with Crippen molar-refractivity contribution in [2.75, 3.05) is 13.7 Å². The topological polar surface area (TPSA) is 71.2 Å². The largest absolute Gasteiger partial charge is 0.497 e. The molecule has 0 aliphatic carbocycles. The van der Waals surface area contributed by atoms with Gasteiger partial charge in [-0.15, -0.1) is 0 Å². The number of methoxy groups -OCH3 is 1. The highest BCUT2D eigenvalue weighted by molar-refractivity contribution is 7.84. The number of H-pyrrole nitrogens is 1. The molecule has 5 nitrogen and oxygen atoms in total. The lowest BCUT2D eigenvalue weighted by Crippen LogP contribution is -2.21. The van der Waals surface area contributed by atoms with Gasteiger partial charge < -0.3 is 9.72 Å². The van der Waals surface area contributed by atoms with E-state index in [2.05, 4.69) is 4.98 Å². The van der Waals surface area contributed by atoms with Crippen molar-refractivity contribution in [1.82, 2.24) is 9.71 Å². The molecule has 0 unspecified atom stereocenters. The van der Waals surface area contributed by atoms with Gasteiger partial charge in [0.15, 0.2) is 0 Å². The Labute approximate surface area is 104 Å². The molecule has 0 aliphatic rings. The summed E-state index contributed by atoms with van der Waals surface area (Å²) in [5, 5.41) is 0.937. The number of aromatic nitrogens is 1. The summed E-state index contributed by atoms with van der Waals surface area (Å²) in [7, 11) is -3.05. The lowest BCUT2D eigenvalue weighted by Gasteiger charge is -2.02. The maximum Gasteiger partial charge on any atom is 0.372 e. The van der Waals surface area contributed by atoms with E-state index in [4.69, 9.17) is 4.74 Å². The number of hydrogen-bond donors (Lipinski definition) is 2. The molecule has 0 radical (unpaired) electrons. The van der Waals surface area contributed by atoms with Crippen LogP contribution in [0.25, 0.3) is 10.9 Å². The molecule has 2 N–H and O–H groups in total. The number of fused-ring (bicyclic) bond motifs is 1. The Morgan fingerprint density at radius 1 is 1.44 bits per heavy atom. The van der Waals surface area contributed by atoms with Gasteiger partial charge in [-0.05, 0) is 30.2 Å². The minimum Gasteiger partial charge on any atom is -0.497 e. The quantitative estimate of drug-likeness (QED) is 0.811. The Morgan fingerprint density at radius 2 is 2.22 bits per heavy atom. The van der Waals surface area contributed by atoms with Crippen molar-refractivity contribution in [3.05, 3.63) is 30.0 Å². The van der Waals surface area contributed by atoms with E-state index in [9.17, 15) is 12.3 Å². The lowest BCUT2D eigenvalue weighted by molar-refractivity contribution is 0.415. The highest BCUT2D eigenvalue weighted by atomic mass is 32.3. The SMILES string of the molecule is COc1ccc2[nH]cc(CCNS(=O)(=O)F)c2c1. The van der Waals surface area contributed by atoms with Crippen LogP contribution in [-0.4, -0.2) is 27.1 Å². The summed E-state index contributed by atoms with van der Waals surface area (Å²) >= 11 is 0. The van der Waals surface area contributed by atoms with E-state index in [1.54, 1.807) is 13.3 Å². The monoisotopic (exact) mass is 272 g/mol. The maximum absolute atomic E-state index is 12.3. The summed E-state index contributed by atoms with van der Waals surface area (Å²) < 4.78 is 39.9. The predicted molar refractivity (Wildman–Crippen MR) is 66.6 cm³/mol. The molecule has 98 valence electrons. The second-order valence-corrected chi connectivity index (χ2v) is 4.97. The summed E-state index contributed by atoms with van der Waals surface area (Å²) in [6, 6.07) is 5.55. The molecule has 1 aromatic carbocycles. The molecule has 7 heteroatoms. The number of rotatable bonds is 5. The van der Waals surface area contributed by atoms with Crippen molar-refractivity contribution in [1.29, 1.82) is 0 Å². The number of benzene rings is 1. The first-order valence-corrected chi connectivity index (χ1v) is 6.71. The summed E-state index contributed by atoms with van der Waals surface area (Å²) in [6.07, 6.45) is 2.17. The average Bonchev–Trinajstić information content (AvgIpc) is 2.70. The van der Waals surface area contributed by atoms with E-state index in [1.807, 2.05) is 22.9 Å². The molecule has 2 rings (SSSR count). The van der Waals surface area contributed by atoms with Crippen LogP contribution in [0.5, 0.6) is 5.75 Å². The molecule has 0 fully saturated rings. The first-order valence-electron chi connectivity index (χ1n) is 5.33. The highest BCUT2D eigenvalue weighted by Gasteiger charge is 2.08. The average molecular weight is 272 g/mol. The normalized spacial score (nSPS) is 11.9. The highest BCUT2D eigenvalue weighted by Crippen LogP contribution is 2.23. The van der Waals surface area contributed by atoms with Gasteiger partial charge in [-0.3, -0.25) is 0 Å². The van der Waals surface area contributed by atoms with Gasteiger partial charge in [0.2, 0.25) is 0 Å². The molecule has 0 bridgehead atoms. The van der Waals surface area contributed by atoms with Gasteiger partial charge in [0, 0.05) is 23.6 Å². The number of hydrogen-bond acceptors (Lipinski definition) is 3. The van der Waals surface area contributed by atoms with Crippen LogP contribution >= 0.6 is 0 Å². The van der Waals surface area contributed by atoms with Crippen LogP contribution in [0.2, 0.25) is 0 Å². The van der Waals surface area contributed by atoms with Crippen molar-refractivity contribution in [2.45, 2.75) is 6.42 Å². The molecule has 2 aromatic rings. The summed E-state index contributed by atoms with van der Waals surface area (Å²) in [4.78, 5) is 3.06. The Hall–Kier alpha value is -1.60. The van der Waals surface area contributed by atoms with Gasteiger partial charge in [0.25, 0.3) is 0 Å². The van der Waals surface area contributed by atoms with Crippen LogP contribution in [0.15, 0.2) is 24.4 Å². The minimum absolute atomic E-state index is 0.0169. The van der Waals surface area contributed by atoms with Gasteiger partial charge in [0.05, 0.1) is 7.11 Å². The molecular weight excluding hydrogens is 259 g/mol. The van der Waals surface area contributed by atoms with Crippen molar-refractivity contribution in [3.63, 3.8) is 0 Å². The molecule has 0 saturated heterocycles. The molecule has 0 atom stereocenters. The molecule has 0 spiro atoms. The molecule has 18 heavy (non-hydrogen) atoms. The number of ether oxygens (including phenoxy) is 1. The van der Waals surface area contributed by atoms with Gasteiger partial charge in [-0.25, -0.2) is 0 Å². The van der Waals surface area contributed by atoms with Crippen molar-refractivity contribution < 1.29 is 17.0 Å².